The second-order valence-corrected chi connectivity index (χ2v) is 4.85. The van der Waals surface area contributed by atoms with Gasteiger partial charge < -0.3 is 5.32 Å². The molecule has 0 aliphatic heterocycles. The highest BCUT2D eigenvalue weighted by Gasteiger charge is 2.07. The van der Waals surface area contributed by atoms with Crippen LogP contribution in [0.1, 0.15) is 29.8 Å². The van der Waals surface area contributed by atoms with Crippen LogP contribution in [0, 0.1) is 13.8 Å². The summed E-state index contributed by atoms with van der Waals surface area (Å²) in [6.45, 7) is 6.07. The van der Waals surface area contributed by atoms with E-state index in [9.17, 15) is 0 Å². The second-order valence-electron chi connectivity index (χ2n) is 4.42. The Bertz CT molecular complexity index is 537. The third-order valence-corrected chi connectivity index (χ3v) is 3.22. The molecule has 18 heavy (non-hydrogen) atoms. The molecule has 0 radical (unpaired) electrons. The van der Waals surface area contributed by atoms with Gasteiger partial charge in [0, 0.05) is 5.02 Å². The topological polar surface area (TPSA) is 37.8 Å². The molecule has 94 valence electrons. The first-order valence-electron chi connectivity index (χ1n) is 5.89. The molecular weight excluding hydrogens is 246 g/mol. The number of aromatic nitrogens is 2. The van der Waals surface area contributed by atoms with E-state index in [1.165, 1.54) is 5.56 Å². The van der Waals surface area contributed by atoms with Gasteiger partial charge in [0.2, 0.25) is 0 Å². The highest BCUT2D eigenvalue weighted by molar-refractivity contribution is 6.30. The van der Waals surface area contributed by atoms with Crippen molar-refractivity contribution in [1.29, 1.82) is 0 Å². The number of rotatable bonds is 3. The van der Waals surface area contributed by atoms with E-state index in [0.717, 1.165) is 22.1 Å². The minimum atomic E-state index is 0.165. The van der Waals surface area contributed by atoms with Gasteiger partial charge in [0.15, 0.2) is 0 Å². The molecule has 2 aromatic rings. The Kier molecular flexibility index (Phi) is 3.82. The molecular formula is C14H16ClN3. The Hall–Kier alpha value is -1.61. The number of anilines is 1. The zero-order chi connectivity index (χ0) is 13.1. The standard InChI is InChI=1S/C14H16ClN3/c1-9-8-14(18-17-10(9)2)16-11(3)12-4-6-13(15)7-5-12/h4-8,11H,1-3H3,(H,16,18). The summed E-state index contributed by atoms with van der Waals surface area (Å²) in [5.74, 6) is 0.792. The van der Waals surface area contributed by atoms with E-state index in [1.807, 2.05) is 44.2 Å². The smallest absolute Gasteiger partial charge is 0.149 e. The zero-order valence-electron chi connectivity index (χ0n) is 10.7. The Morgan fingerprint density at radius 2 is 1.78 bits per heavy atom. The van der Waals surface area contributed by atoms with Crippen molar-refractivity contribution < 1.29 is 0 Å². The maximum atomic E-state index is 5.87. The highest BCUT2D eigenvalue weighted by atomic mass is 35.5. The summed E-state index contributed by atoms with van der Waals surface area (Å²) >= 11 is 5.87. The lowest BCUT2D eigenvalue weighted by molar-refractivity contribution is 0.852. The number of nitrogens with one attached hydrogen (secondary N) is 1. The fourth-order valence-electron chi connectivity index (χ4n) is 1.67. The molecule has 0 spiro atoms. The van der Waals surface area contributed by atoms with Gasteiger partial charge in [-0.05, 0) is 50.1 Å². The number of aryl methyl sites for hydroxylation is 2. The van der Waals surface area contributed by atoms with Crippen molar-refractivity contribution in [2.24, 2.45) is 0 Å². The van der Waals surface area contributed by atoms with Gasteiger partial charge in [0.05, 0.1) is 11.7 Å². The van der Waals surface area contributed by atoms with Crippen LogP contribution < -0.4 is 5.32 Å². The molecule has 1 aromatic carbocycles. The quantitative estimate of drug-likeness (QED) is 0.910. The van der Waals surface area contributed by atoms with E-state index in [2.05, 4.69) is 22.4 Å². The van der Waals surface area contributed by atoms with Crippen LogP contribution in [0.3, 0.4) is 0 Å². The average Bonchev–Trinajstić information content (AvgIpc) is 2.34. The normalized spacial score (nSPS) is 12.2. The molecule has 0 aliphatic rings. The minimum Gasteiger partial charge on any atom is -0.362 e. The van der Waals surface area contributed by atoms with Gasteiger partial charge in [-0.15, -0.1) is 5.10 Å². The van der Waals surface area contributed by atoms with Crippen LogP contribution in [0.15, 0.2) is 30.3 Å². The molecule has 0 amide bonds. The summed E-state index contributed by atoms with van der Waals surface area (Å²) in [6.07, 6.45) is 0. The van der Waals surface area contributed by atoms with Crippen LogP contribution >= 0.6 is 11.6 Å². The summed E-state index contributed by atoms with van der Waals surface area (Å²) < 4.78 is 0. The molecule has 1 atom stereocenters. The van der Waals surface area contributed by atoms with E-state index in [0.29, 0.717) is 0 Å². The third-order valence-electron chi connectivity index (χ3n) is 2.97. The van der Waals surface area contributed by atoms with Crippen LogP contribution in [0.25, 0.3) is 0 Å². The molecule has 0 saturated heterocycles. The maximum Gasteiger partial charge on any atom is 0.149 e. The number of hydrogen-bond donors (Lipinski definition) is 1. The number of halogens is 1. The SMILES string of the molecule is Cc1cc(NC(C)c2ccc(Cl)cc2)nnc1C. The van der Waals surface area contributed by atoms with Crippen molar-refractivity contribution in [2.45, 2.75) is 26.8 Å². The van der Waals surface area contributed by atoms with Crippen LogP contribution in [0.2, 0.25) is 5.02 Å². The van der Waals surface area contributed by atoms with Crippen molar-refractivity contribution in [1.82, 2.24) is 10.2 Å². The molecule has 2 rings (SSSR count). The fraction of sp³-hybridized carbons (Fsp3) is 0.286. The van der Waals surface area contributed by atoms with E-state index in [1.54, 1.807) is 0 Å². The van der Waals surface area contributed by atoms with Crippen LogP contribution in [0.5, 0.6) is 0 Å². The van der Waals surface area contributed by atoms with Crippen molar-refractivity contribution >= 4 is 17.4 Å². The van der Waals surface area contributed by atoms with Crippen molar-refractivity contribution in [2.75, 3.05) is 5.32 Å². The molecule has 0 bridgehead atoms. The van der Waals surface area contributed by atoms with Crippen molar-refractivity contribution in [3.05, 3.63) is 52.2 Å². The van der Waals surface area contributed by atoms with Crippen molar-refractivity contribution in [3.63, 3.8) is 0 Å². The van der Waals surface area contributed by atoms with Gasteiger partial charge in [-0.2, -0.15) is 5.10 Å². The maximum absolute atomic E-state index is 5.87. The molecule has 3 nitrogen and oxygen atoms in total. The number of nitrogens with zero attached hydrogens (tertiary/aromatic N) is 2. The molecule has 4 heteroatoms. The van der Waals surface area contributed by atoms with E-state index in [4.69, 9.17) is 11.6 Å². The minimum absolute atomic E-state index is 0.165. The molecule has 1 aromatic heterocycles. The summed E-state index contributed by atoms with van der Waals surface area (Å²) in [5.41, 5.74) is 3.26. The zero-order valence-corrected chi connectivity index (χ0v) is 11.5. The third kappa shape index (κ3) is 2.99. The Morgan fingerprint density at radius 3 is 2.39 bits per heavy atom. The summed E-state index contributed by atoms with van der Waals surface area (Å²) in [4.78, 5) is 0. The van der Waals surface area contributed by atoms with E-state index >= 15 is 0 Å². The van der Waals surface area contributed by atoms with Crippen LogP contribution in [-0.4, -0.2) is 10.2 Å². The summed E-state index contributed by atoms with van der Waals surface area (Å²) in [6, 6.07) is 9.97. The number of hydrogen-bond acceptors (Lipinski definition) is 3. The fourth-order valence-corrected chi connectivity index (χ4v) is 1.80. The van der Waals surface area contributed by atoms with Gasteiger partial charge in [-0.25, -0.2) is 0 Å². The average molecular weight is 262 g/mol. The first-order valence-corrected chi connectivity index (χ1v) is 6.27. The molecule has 1 N–H and O–H groups in total. The molecule has 1 unspecified atom stereocenters. The van der Waals surface area contributed by atoms with Crippen LogP contribution in [-0.2, 0) is 0 Å². The summed E-state index contributed by atoms with van der Waals surface area (Å²) in [7, 11) is 0. The van der Waals surface area contributed by atoms with Gasteiger partial charge >= 0.3 is 0 Å². The van der Waals surface area contributed by atoms with Crippen LogP contribution in [0.4, 0.5) is 5.82 Å². The number of benzene rings is 1. The monoisotopic (exact) mass is 261 g/mol. The largest absolute Gasteiger partial charge is 0.362 e. The Balaban J connectivity index is 2.13. The first-order chi connectivity index (χ1) is 8.56. The first kappa shape index (κ1) is 12.8. The predicted molar refractivity (Wildman–Crippen MR) is 75.0 cm³/mol. The predicted octanol–water partition coefficient (Wildman–Crippen LogP) is 3.92. The summed E-state index contributed by atoms with van der Waals surface area (Å²) in [5, 5.41) is 12.3. The lowest BCUT2D eigenvalue weighted by Gasteiger charge is -2.15. The van der Waals surface area contributed by atoms with Gasteiger partial charge in [-0.1, -0.05) is 23.7 Å². The van der Waals surface area contributed by atoms with E-state index in [-0.39, 0.29) is 6.04 Å². The van der Waals surface area contributed by atoms with Gasteiger partial charge in [-0.3, -0.25) is 0 Å². The lowest BCUT2D eigenvalue weighted by Crippen LogP contribution is -2.09. The van der Waals surface area contributed by atoms with Crippen molar-refractivity contribution in [3.8, 4) is 0 Å². The second kappa shape index (κ2) is 5.36. The molecule has 0 aliphatic carbocycles. The molecule has 1 heterocycles. The van der Waals surface area contributed by atoms with Gasteiger partial charge in [0.1, 0.15) is 5.82 Å². The van der Waals surface area contributed by atoms with E-state index < -0.39 is 0 Å². The van der Waals surface area contributed by atoms with Gasteiger partial charge in [0.25, 0.3) is 0 Å². The molecule has 0 saturated carbocycles. The Labute approximate surface area is 112 Å². The Morgan fingerprint density at radius 1 is 1.11 bits per heavy atom. The highest BCUT2D eigenvalue weighted by Crippen LogP contribution is 2.20. The molecule has 0 fully saturated rings. The lowest BCUT2D eigenvalue weighted by atomic mass is 10.1.